The number of alkyl halides is 1. The summed E-state index contributed by atoms with van der Waals surface area (Å²) in [4.78, 5) is 11.5. The first-order valence-corrected chi connectivity index (χ1v) is 7.80. The highest BCUT2D eigenvalue weighted by Crippen LogP contribution is 2.22. The summed E-state index contributed by atoms with van der Waals surface area (Å²) in [7, 11) is -2.12. The van der Waals surface area contributed by atoms with Gasteiger partial charge in [-0.05, 0) is 25.7 Å². The quantitative estimate of drug-likeness (QED) is 0.557. The maximum Gasteiger partial charge on any atom is 0.324 e. The Morgan fingerprint density at radius 3 is 2.76 bits per heavy atom. The average Bonchev–Trinajstić information content (AvgIpc) is 2.35. The molecule has 1 heterocycles. The van der Waals surface area contributed by atoms with Crippen LogP contribution in [0, 0.1) is 0 Å². The van der Waals surface area contributed by atoms with Crippen LogP contribution in [0.2, 0.25) is 0 Å². The molecule has 0 saturated carbocycles. The number of piperidine rings is 1. The van der Waals surface area contributed by atoms with E-state index in [1.165, 1.54) is 11.4 Å². The van der Waals surface area contributed by atoms with Crippen molar-refractivity contribution in [2.24, 2.45) is 0 Å². The molecule has 0 spiro atoms. The van der Waals surface area contributed by atoms with E-state index in [2.05, 4.69) is 4.74 Å². The fraction of sp³-hybridized carbons (Fsp3) is 0.900. The van der Waals surface area contributed by atoms with Crippen LogP contribution in [0.5, 0.6) is 0 Å². The zero-order valence-corrected chi connectivity index (χ0v) is 11.5. The lowest BCUT2D eigenvalue weighted by atomic mass is 10.1. The second-order valence-corrected chi connectivity index (χ2v) is 6.42. The van der Waals surface area contributed by atoms with Gasteiger partial charge in [0, 0.05) is 12.4 Å². The Hall–Kier alpha value is -0.330. The van der Waals surface area contributed by atoms with Gasteiger partial charge < -0.3 is 4.74 Å². The number of ether oxygens (including phenoxy) is 1. The Kier molecular flexibility index (Phi) is 5.69. The fourth-order valence-corrected chi connectivity index (χ4v) is 3.99. The monoisotopic (exact) mass is 283 g/mol. The van der Waals surface area contributed by atoms with Gasteiger partial charge in [0.15, 0.2) is 0 Å². The Morgan fingerprint density at radius 1 is 1.47 bits per heavy atom. The number of sulfonamides is 1. The van der Waals surface area contributed by atoms with E-state index in [-0.39, 0.29) is 5.75 Å². The summed E-state index contributed by atoms with van der Waals surface area (Å²) in [6.07, 6.45) is 2.57. The van der Waals surface area contributed by atoms with E-state index in [0.29, 0.717) is 25.3 Å². The van der Waals surface area contributed by atoms with E-state index in [4.69, 9.17) is 11.6 Å². The van der Waals surface area contributed by atoms with Gasteiger partial charge in [-0.2, -0.15) is 4.31 Å². The number of hydrogen-bond acceptors (Lipinski definition) is 4. The molecule has 1 fully saturated rings. The number of rotatable bonds is 5. The number of nitrogens with zero attached hydrogens (tertiary/aromatic N) is 1. The molecule has 0 radical (unpaired) electrons. The summed E-state index contributed by atoms with van der Waals surface area (Å²) in [5.41, 5.74) is 0. The van der Waals surface area contributed by atoms with Crippen LogP contribution in [0.15, 0.2) is 0 Å². The molecule has 1 aliphatic heterocycles. The van der Waals surface area contributed by atoms with Gasteiger partial charge >= 0.3 is 5.97 Å². The molecule has 1 aliphatic rings. The Bertz CT molecular complexity index is 357. The van der Waals surface area contributed by atoms with Gasteiger partial charge in [-0.1, -0.05) is 0 Å². The summed E-state index contributed by atoms with van der Waals surface area (Å²) in [6, 6.07) is -0.658. The lowest BCUT2D eigenvalue weighted by Crippen LogP contribution is -2.49. The average molecular weight is 284 g/mol. The molecule has 0 N–H and O–H groups in total. The van der Waals surface area contributed by atoms with Crippen LogP contribution < -0.4 is 0 Å². The molecule has 1 atom stereocenters. The molecule has 17 heavy (non-hydrogen) atoms. The maximum atomic E-state index is 12.0. The normalized spacial score (nSPS) is 22.4. The summed E-state index contributed by atoms with van der Waals surface area (Å²) >= 11 is 5.50. The third-order valence-corrected chi connectivity index (χ3v) is 5.04. The van der Waals surface area contributed by atoms with E-state index in [0.717, 1.165) is 12.8 Å². The minimum Gasteiger partial charge on any atom is -0.468 e. The first-order chi connectivity index (χ1) is 8.03. The van der Waals surface area contributed by atoms with Crippen LogP contribution in [-0.4, -0.2) is 50.0 Å². The summed E-state index contributed by atoms with van der Waals surface area (Å²) in [5.74, 6) is -0.181. The molecule has 5 nitrogen and oxygen atoms in total. The van der Waals surface area contributed by atoms with Gasteiger partial charge in [-0.25, -0.2) is 8.42 Å². The molecular formula is C10H18ClNO4S. The van der Waals surface area contributed by atoms with Crippen molar-refractivity contribution in [2.45, 2.75) is 31.7 Å². The molecule has 0 aromatic carbocycles. The molecular weight excluding hydrogens is 266 g/mol. The van der Waals surface area contributed by atoms with Crippen molar-refractivity contribution >= 4 is 27.6 Å². The Balaban J connectivity index is 2.80. The lowest BCUT2D eigenvalue weighted by molar-refractivity contribution is -0.146. The molecule has 1 rings (SSSR count). The van der Waals surface area contributed by atoms with E-state index in [1.54, 1.807) is 0 Å². The minimum absolute atomic E-state index is 0.00993. The van der Waals surface area contributed by atoms with Gasteiger partial charge in [-0.3, -0.25) is 4.79 Å². The predicted molar refractivity (Wildman–Crippen MR) is 65.5 cm³/mol. The third-order valence-electron chi connectivity index (χ3n) is 2.82. The highest BCUT2D eigenvalue weighted by molar-refractivity contribution is 7.89. The standard InChI is InChI=1S/C10H18ClNO4S/c1-16-10(13)9-5-2-3-7-12(9)17(14,15)8-4-6-11/h9H,2-8H2,1H3. The van der Waals surface area contributed by atoms with Crippen LogP contribution in [0.1, 0.15) is 25.7 Å². The minimum atomic E-state index is -3.40. The molecule has 7 heteroatoms. The second-order valence-electron chi connectivity index (χ2n) is 4.00. The Morgan fingerprint density at radius 2 is 2.18 bits per heavy atom. The second kappa shape index (κ2) is 6.56. The van der Waals surface area contributed by atoms with Gasteiger partial charge in [-0.15, -0.1) is 11.6 Å². The summed E-state index contributed by atoms with van der Waals surface area (Å²) in [5, 5.41) is 0. The van der Waals surface area contributed by atoms with Crippen LogP contribution in [-0.2, 0) is 19.6 Å². The topological polar surface area (TPSA) is 63.7 Å². The smallest absolute Gasteiger partial charge is 0.324 e. The first-order valence-electron chi connectivity index (χ1n) is 5.66. The number of carbonyl (C=O) groups is 1. The zero-order valence-electron chi connectivity index (χ0n) is 9.89. The zero-order chi connectivity index (χ0) is 12.9. The SMILES string of the molecule is COC(=O)C1CCCCN1S(=O)(=O)CCCCl. The van der Waals surface area contributed by atoms with Crippen molar-refractivity contribution in [3.05, 3.63) is 0 Å². The molecule has 1 unspecified atom stereocenters. The van der Waals surface area contributed by atoms with Crippen molar-refractivity contribution < 1.29 is 17.9 Å². The van der Waals surface area contributed by atoms with Crippen LogP contribution in [0.3, 0.4) is 0 Å². The number of hydrogen-bond donors (Lipinski definition) is 0. The van der Waals surface area contributed by atoms with Crippen molar-refractivity contribution in [2.75, 3.05) is 25.3 Å². The van der Waals surface area contributed by atoms with Gasteiger partial charge in [0.2, 0.25) is 10.0 Å². The Labute approximate surface area is 107 Å². The van der Waals surface area contributed by atoms with Crippen molar-refractivity contribution in [1.29, 1.82) is 0 Å². The van der Waals surface area contributed by atoms with Crippen molar-refractivity contribution in [1.82, 2.24) is 4.31 Å². The fourth-order valence-electron chi connectivity index (χ4n) is 1.96. The highest BCUT2D eigenvalue weighted by Gasteiger charge is 2.36. The number of carbonyl (C=O) groups excluding carboxylic acids is 1. The number of esters is 1. The maximum absolute atomic E-state index is 12.0. The molecule has 0 amide bonds. The molecule has 0 aromatic heterocycles. The van der Waals surface area contributed by atoms with E-state index in [1.807, 2.05) is 0 Å². The van der Waals surface area contributed by atoms with E-state index in [9.17, 15) is 13.2 Å². The van der Waals surface area contributed by atoms with Crippen LogP contribution in [0.25, 0.3) is 0 Å². The van der Waals surface area contributed by atoms with Crippen LogP contribution >= 0.6 is 11.6 Å². The first kappa shape index (κ1) is 14.7. The molecule has 1 saturated heterocycles. The summed E-state index contributed by atoms with van der Waals surface area (Å²) in [6.45, 7) is 0.393. The summed E-state index contributed by atoms with van der Waals surface area (Å²) < 4.78 is 30.0. The lowest BCUT2D eigenvalue weighted by Gasteiger charge is -2.32. The van der Waals surface area contributed by atoms with E-state index >= 15 is 0 Å². The van der Waals surface area contributed by atoms with Gasteiger partial charge in [0.05, 0.1) is 12.9 Å². The largest absolute Gasteiger partial charge is 0.468 e. The van der Waals surface area contributed by atoms with Gasteiger partial charge in [0.1, 0.15) is 6.04 Å². The van der Waals surface area contributed by atoms with Crippen molar-refractivity contribution in [3.8, 4) is 0 Å². The predicted octanol–water partition coefficient (Wildman–Crippen LogP) is 0.973. The molecule has 100 valence electrons. The molecule has 0 bridgehead atoms. The van der Waals surface area contributed by atoms with Crippen molar-refractivity contribution in [3.63, 3.8) is 0 Å². The molecule has 0 aromatic rings. The van der Waals surface area contributed by atoms with Crippen LogP contribution in [0.4, 0.5) is 0 Å². The molecule has 0 aliphatic carbocycles. The van der Waals surface area contributed by atoms with Gasteiger partial charge in [0.25, 0.3) is 0 Å². The number of halogens is 1. The highest BCUT2D eigenvalue weighted by atomic mass is 35.5. The third kappa shape index (κ3) is 3.82. The van der Waals surface area contributed by atoms with E-state index < -0.39 is 22.0 Å². The number of methoxy groups -OCH3 is 1.